The molecule has 0 aliphatic heterocycles. The lowest BCUT2D eigenvalue weighted by atomic mass is 10.2. The minimum Gasteiger partial charge on any atom is -0.480 e. The van der Waals surface area contributed by atoms with Gasteiger partial charge >= 0.3 is 5.97 Å². The molecule has 14 heavy (non-hydrogen) atoms. The first-order chi connectivity index (χ1) is 6.35. The third-order valence-corrected chi connectivity index (χ3v) is 3.56. The molecular weight excluding hydrogens is 208 g/mol. The Morgan fingerprint density at radius 2 is 2.07 bits per heavy atom. The third kappa shape index (κ3) is 3.60. The smallest absolute Gasteiger partial charge is 0.318 e. The van der Waals surface area contributed by atoms with Crippen LogP contribution in [0.4, 0.5) is 0 Å². The molecule has 0 saturated heterocycles. The highest BCUT2D eigenvalue weighted by Crippen LogP contribution is 2.07. The van der Waals surface area contributed by atoms with Gasteiger partial charge in [0.2, 0.25) is 0 Å². The predicted molar refractivity (Wildman–Crippen MR) is 52.1 cm³/mol. The number of aliphatic carboxylic acids is 1. The van der Waals surface area contributed by atoms with Crippen molar-refractivity contribution < 1.29 is 18.3 Å². The zero-order chi connectivity index (χ0) is 11.4. The first kappa shape index (κ1) is 13.3. The quantitative estimate of drug-likeness (QED) is 0.645. The third-order valence-electron chi connectivity index (χ3n) is 1.94. The van der Waals surface area contributed by atoms with E-state index in [9.17, 15) is 13.2 Å². The highest BCUT2D eigenvalue weighted by molar-refractivity contribution is 7.87. The summed E-state index contributed by atoms with van der Waals surface area (Å²) in [5.41, 5.74) is 0. The van der Waals surface area contributed by atoms with E-state index in [1.165, 1.54) is 7.05 Å². The van der Waals surface area contributed by atoms with Gasteiger partial charge in [-0.1, -0.05) is 6.92 Å². The summed E-state index contributed by atoms with van der Waals surface area (Å²) in [6.07, 6.45) is 0.564. The van der Waals surface area contributed by atoms with Crippen LogP contribution in [0.5, 0.6) is 0 Å². The van der Waals surface area contributed by atoms with Crippen LogP contribution in [0.25, 0.3) is 0 Å². The molecule has 0 aromatic heterocycles. The maximum absolute atomic E-state index is 11.4. The van der Waals surface area contributed by atoms with E-state index in [-0.39, 0.29) is 6.04 Å². The topological polar surface area (TPSA) is 86.7 Å². The molecule has 0 saturated carbocycles. The average molecular weight is 224 g/mol. The van der Waals surface area contributed by atoms with Gasteiger partial charge in [-0.3, -0.25) is 4.79 Å². The molecule has 2 N–H and O–H groups in total. The first-order valence-electron chi connectivity index (χ1n) is 4.27. The van der Waals surface area contributed by atoms with Crippen LogP contribution in [0.15, 0.2) is 0 Å². The van der Waals surface area contributed by atoms with Crippen molar-refractivity contribution in [2.24, 2.45) is 0 Å². The van der Waals surface area contributed by atoms with Crippen molar-refractivity contribution in [2.75, 3.05) is 13.6 Å². The number of carbonyl (C=O) groups is 1. The first-order valence-corrected chi connectivity index (χ1v) is 5.71. The maximum Gasteiger partial charge on any atom is 0.318 e. The van der Waals surface area contributed by atoms with E-state index in [0.29, 0.717) is 6.42 Å². The molecule has 0 spiro atoms. The Labute approximate surface area is 84.1 Å². The summed E-state index contributed by atoms with van der Waals surface area (Å²) in [4.78, 5) is 10.5. The van der Waals surface area contributed by atoms with Crippen LogP contribution >= 0.6 is 0 Å². The lowest BCUT2D eigenvalue weighted by Gasteiger charge is -2.25. The molecule has 0 fully saturated rings. The summed E-state index contributed by atoms with van der Waals surface area (Å²) in [6.45, 7) is 2.95. The van der Waals surface area contributed by atoms with Crippen LogP contribution in [-0.4, -0.2) is 43.4 Å². The van der Waals surface area contributed by atoms with E-state index in [1.54, 1.807) is 13.8 Å². The molecule has 0 amide bonds. The van der Waals surface area contributed by atoms with Gasteiger partial charge in [-0.25, -0.2) is 4.72 Å². The minimum absolute atomic E-state index is 0.330. The second-order valence-corrected chi connectivity index (χ2v) is 4.73. The minimum atomic E-state index is -3.66. The molecule has 0 bridgehead atoms. The molecular formula is C7H16N2O4S. The Hall–Kier alpha value is -0.660. The number of nitrogens with zero attached hydrogens (tertiary/aromatic N) is 1. The van der Waals surface area contributed by atoms with Crippen molar-refractivity contribution in [3.8, 4) is 0 Å². The molecule has 7 heteroatoms. The van der Waals surface area contributed by atoms with Crippen molar-refractivity contribution in [2.45, 2.75) is 26.3 Å². The Kier molecular flexibility index (Phi) is 5.03. The summed E-state index contributed by atoms with van der Waals surface area (Å²) in [7, 11) is -2.41. The zero-order valence-electron chi connectivity index (χ0n) is 8.52. The summed E-state index contributed by atoms with van der Waals surface area (Å²) in [5, 5.41) is 8.55. The molecule has 0 heterocycles. The zero-order valence-corrected chi connectivity index (χ0v) is 9.34. The van der Waals surface area contributed by atoms with Gasteiger partial charge in [0.25, 0.3) is 10.2 Å². The second-order valence-electron chi connectivity index (χ2n) is 2.91. The van der Waals surface area contributed by atoms with E-state index in [0.717, 1.165) is 4.31 Å². The fourth-order valence-electron chi connectivity index (χ4n) is 0.932. The van der Waals surface area contributed by atoms with Crippen LogP contribution in [-0.2, 0) is 15.0 Å². The van der Waals surface area contributed by atoms with Crippen LogP contribution in [0.3, 0.4) is 0 Å². The van der Waals surface area contributed by atoms with Gasteiger partial charge in [0.15, 0.2) is 0 Å². The molecule has 1 atom stereocenters. The average Bonchev–Trinajstić information content (AvgIpc) is 2.12. The van der Waals surface area contributed by atoms with E-state index in [4.69, 9.17) is 5.11 Å². The van der Waals surface area contributed by atoms with Gasteiger partial charge in [0.1, 0.15) is 6.54 Å². The fraction of sp³-hybridized carbons (Fsp3) is 0.857. The summed E-state index contributed by atoms with van der Waals surface area (Å²) >= 11 is 0. The number of carboxylic acids is 1. The van der Waals surface area contributed by atoms with Gasteiger partial charge in [-0.05, 0) is 13.3 Å². The van der Waals surface area contributed by atoms with Crippen molar-refractivity contribution >= 4 is 16.2 Å². The van der Waals surface area contributed by atoms with Gasteiger partial charge in [-0.2, -0.15) is 12.7 Å². The van der Waals surface area contributed by atoms with Crippen LogP contribution < -0.4 is 4.72 Å². The summed E-state index contributed by atoms with van der Waals surface area (Å²) in [5.74, 6) is -1.16. The Morgan fingerprint density at radius 1 is 1.57 bits per heavy atom. The maximum atomic E-state index is 11.4. The molecule has 6 nitrogen and oxygen atoms in total. The molecule has 0 aliphatic rings. The highest BCUT2D eigenvalue weighted by Gasteiger charge is 2.26. The van der Waals surface area contributed by atoms with Crippen LogP contribution in [0, 0.1) is 0 Å². The van der Waals surface area contributed by atoms with Gasteiger partial charge in [0, 0.05) is 13.1 Å². The van der Waals surface area contributed by atoms with Crippen LogP contribution in [0.2, 0.25) is 0 Å². The number of hydrogen-bond acceptors (Lipinski definition) is 3. The van der Waals surface area contributed by atoms with Crippen molar-refractivity contribution in [1.29, 1.82) is 0 Å². The molecule has 84 valence electrons. The lowest BCUT2D eigenvalue weighted by molar-refractivity contribution is -0.137. The molecule has 0 rings (SSSR count). The van der Waals surface area contributed by atoms with E-state index in [2.05, 4.69) is 4.72 Å². The van der Waals surface area contributed by atoms with Gasteiger partial charge in [-0.15, -0.1) is 0 Å². The lowest BCUT2D eigenvalue weighted by Crippen LogP contribution is -2.46. The van der Waals surface area contributed by atoms with E-state index >= 15 is 0 Å². The van der Waals surface area contributed by atoms with E-state index in [1.807, 2.05) is 0 Å². The van der Waals surface area contributed by atoms with Crippen molar-refractivity contribution in [3.05, 3.63) is 0 Å². The normalized spacial score (nSPS) is 14.3. The van der Waals surface area contributed by atoms with E-state index < -0.39 is 22.7 Å². The summed E-state index contributed by atoms with van der Waals surface area (Å²) in [6, 6.07) is -0.330. The number of hydrogen-bond donors (Lipinski definition) is 2. The van der Waals surface area contributed by atoms with Crippen LogP contribution in [0.1, 0.15) is 20.3 Å². The van der Waals surface area contributed by atoms with Crippen molar-refractivity contribution in [1.82, 2.24) is 9.03 Å². The fourth-order valence-corrected chi connectivity index (χ4v) is 2.07. The predicted octanol–water partition coefficient (Wildman–Crippen LogP) is -0.364. The Bertz CT molecular complexity index is 288. The summed E-state index contributed by atoms with van der Waals surface area (Å²) < 4.78 is 25.8. The largest absolute Gasteiger partial charge is 0.480 e. The van der Waals surface area contributed by atoms with Crippen molar-refractivity contribution in [3.63, 3.8) is 0 Å². The molecule has 0 aliphatic carbocycles. The highest BCUT2D eigenvalue weighted by atomic mass is 32.2. The monoisotopic (exact) mass is 224 g/mol. The van der Waals surface area contributed by atoms with Gasteiger partial charge in [0.05, 0.1) is 0 Å². The molecule has 0 aromatic rings. The second kappa shape index (κ2) is 5.28. The van der Waals surface area contributed by atoms with Gasteiger partial charge < -0.3 is 5.11 Å². The molecule has 1 unspecified atom stereocenters. The Morgan fingerprint density at radius 3 is 2.36 bits per heavy atom. The molecule has 0 radical (unpaired) electrons. The number of rotatable bonds is 6. The standard InChI is InChI=1S/C7H16N2O4S/c1-4-6(2)9(5-7(10)11)14(12,13)8-3/h6,8H,4-5H2,1-3H3,(H,10,11). The Balaban J connectivity index is 4.81. The number of carboxylic acid groups (broad SMARTS) is 1. The molecule has 0 aromatic carbocycles. The number of nitrogens with one attached hydrogen (secondary N) is 1. The SMILES string of the molecule is CCC(C)N(CC(=O)O)S(=O)(=O)NC.